The van der Waals surface area contributed by atoms with Gasteiger partial charge in [-0.2, -0.15) is 0 Å². The Bertz CT molecular complexity index is 387. The van der Waals surface area contributed by atoms with Crippen molar-refractivity contribution in [3.63, 3.8) is 0 Å². The smallest absolute Gasteiger partial charge is 0.349 e. The number of benzene rings is 1. The molecule has 0 saturated heterocycles. The van der Waals surface area contributed by atoms with Gasteiger partial charge < -0.3 is 14.2 Å². The summed E-state index contributed by atoms with van der Waals surface area (Å²) in [6.07, 6.45) is -1.23. The third-order valence-corrected chi connectivity index (χ3v) is 2.21. The molecule has 18 heavy (non-hydrogen) atoms. The van der Waals surface area contributed by atoms with E-state index in [0.717, 1.165) is 0 Å². The maximum absolute atomic E-state index is 10.7. The average molecular weight is 276 g/mol. The Kier molecular flexibility index (Phi) is 6.24. The minimum absolute atomic E-state index is 0.106. The molecule has 1 rings (SSSR count). The number of methoxy groups -OCH3 is 1. The van der Waals surface area contributed by atoms with Gasteiger partial charge in [-0.25, -0.2) is 0 Å². The van der Waals surface area contributed by atoms with Crippen LogP contribution in [0.2, 0.25) is 0 Å². The largest absolute Gasteiger partial charge is 0.497 e. The lowest BCUT2D eigenvalue weighted by atomic mass is 10.3. The van der Waals surface area contributed by atoms with Crippen LogP contribution in [0.3, 0.4) is 0 Å². The van der Waals surface area contributed by atoms with Gasteiger partial charge in [-0.15, -0.1) is 11.6 Å². The number of ether oxygens (including phenoxy) is 3. The van der Waals surface area contributed by atoms with Gasteiger partial charge in [0, 0.05) is 11.9 Å². The van der Waals surface area contributed by atoms with Crippen LogP contribution >= 0.6 is 11.6 Å². The fourth-order valence-electron chi connectivity index (χ4n) is 1.21. The van der Waals surface area contributed by atoms with E-state index in [0.29, 0.717) is 11.5 Å². The summed E-state index contributed by atoms with van der Waals surface area (Å²) in [7, 11) is 1.53. The highest BCUT2D eigenvalue weighted by molar-refractivity contribution is 6.17. The van der Waals surface area contributed by atoms with Gasteiger partial charge in [0.25, 0.3) is 0 Å². The van der Waals surface area contributed by atoms with Crippen molar-refractivity contribution in [3.05, 3.63) is 34.4 Å². The van der Waals surface area contributed by atoms with Crippen LogP contribution in [-0.4, -0.2) is 37.4 Å². The highest BCUT2D eigenvalue weighted by Crippen LogP contribution is 2.19. The predicted molar refractivity (Wildman–Crippen MR) is 65.9 cm³/mol. The number of alkyl halides is 1. The van der Waals surface area contributed by atoms with E-state index in [2.05, 4.69) is 0 Å². The first-order valence-corrected chi connectivity index (χ1v) is 5.78. The number of hydrogen-bond acceptors (Lipinski definition) is 5. The molecule has 0 aliphatic carbocycles. The summed E-state index contributed by atoms with van der Waals surface area (Å²) in [4.78, 5) is 10.1. The van der Waals surface area contributed by atoms with Gasteiger partial charge in [-0.3, -0.25) is 10.1 Å². The quantitative estimate of drug-likeness (QED) is 0.314. The molecule has 0 saturated carbocycles. The Labute approximate surface area is 110 Å². The van der Waals surface area contributed by atoms with E-state index in [1.165, 1.54) is 7.11 Å². The van der Waals surface area contributed by atoms with Crippen molar-refractivity contribution in [1.82, 2.24) is 0 Å². The number of rotatable bonds is 8. The second-order valence-corrected chi connectivity index (χ2v) is 3.67. The van der Waals surface area contributed by atoms with Gasteiger partial charge in [0.1, 0.15) is 11.5 Å². The first kappa shape index (κ1) is 14.5. The molecule has 100 valence electrons. The molecule has 1 aromatic rings. The second kappa shape index (κ2) is 7.73. The summed E-state index contributed by atoms with van der Waals surface area (Å²) in [5, 5.41) is 10.7. The highest BCUT2D eigenvalue weighted by Gasteiger charge is 2.21. The SMILES string of the molecule is COc1cccc(OCC(OCCCl)[N+](=O)[O-])c1. The van der Waals surface area contributed by atoms with Crippen molar-refractivity contribution in [3.8, 4) is 11.5 Å². The normalized spacial score (nSPS) is 11.9. The number of hydrogen-bond donors (Lipinski definition) is 0. The molecule has 1 atom stereocenters. The number of nitrogens with zero attached hydrogens (tertiary/aromatic N) is 1. The van der Waals surface area contributed by atoms with E-state index >= 15 is 0 Å². The monoisotopic (exact) mass is 275 g/mol. The fourth-order valence-corrected chi connectivity index (χ4v) is 1.30. The molecule has 1 aromatic carbocycles. The maximum Gasteiger partial charge on any atom is 0.349 e. The van der Waals surface area contributed by atoms with Gasteiger partial charge in [0.2, 0.25) is 0 Å². The molecule has 0 spiro atoms. The van der Waals surface area contributed by atoms with Crippen molar-refractivity contribution < 1.29 is 19.1 Å². The lowest BCUT2D eigenvalue weighted by molar-refractivity contribution is -0.577. The molecule has 0 amide bonds. The van der Waals surface area contributed by atoms with Gasteiger partial charge in [0.15, 0.2) is 6.61 Å². The second-order valence-electron chi connectivity index (χ2n) is 3.29. The zero-order valence-corrected chi connectivity index (χ0v) is 10.6. The summed E-state index contributed by atoms with van der Waals surface area (Å²) in [6.45, 7) is -0.0776. The molecule has 0 N–H and O–H groups in total. The Balaban J connectivity index is 2.52. The molecular weight excluding hydrogens is 262 g/mol. The van der Waals surface area contributed by atoms with Gasteiger partial charge in [-0.05, 0) is 12.1 Å². The van der Waals surface area contributed by atoms with Crippen LogP contribution in [-0.2, 0) is 4.74 Å². The zero-order chi connectivity index (χ0) is 13.4. The molecule has 0 fully saturated rings. The molecular formula is C11H14ClNO5. The molecule has 0 aliphatic rings. The van der Waals surface area contributed by atoms with Gasteiger partial charge in [-0.1, -0.05) is 6.07 Å². The molecule has 0 aromatic heterocycles. The average Bonchev–Trinajstić information content (AvgIpc) is 2.38. The Morgan fingerprint density at radius 3 is 2.78 bits per heavy atom. The Morgan fingerprint density at radius 1 is 1.44 bits per heavy atom. The molecule has 1 unspecified atom stereocenters. The first-order chi connectivity index (χ1) is 8.67. The van der Waals surface area contributed by atoms with E-state index < -0.39 is 11.2 Å². The van der Waals surface area contributed by atoms with Crippen LogP contribution < -0.4 is 9.47 Å². The topological polar surface area (TPSA) is 70.8 Å². The van der Waals surface area contributed by atoms with Gasteiger partial charge in [0.05, 0.1) is 18.6 Å². The summed E-state index contributed by atoms with van der Waals surface area (Å²) >= 11 is 5.40. The van der Waals surface area contributed by atoms with Crippen LogP contribution in [0.4, 0.5) is 0 Å². The lowest BCUT2D eigenvalue weighted by Crippen LogP contribution is -2.30. The third-order valence-electron chi connectivity index (χ3n) is 2.06. The molecule has 0 aliphatic heterocycles. The van der Waals surface area contributed by atoms with Crippen molar-refractivity contribution in [2.24, 2.45) is 0 Å². The van der Waals surface area contributed by atoms with E-state index in [1.54, 1.807) is 24.3 Å². The van der Waals surface area contributed by atoms with E-state index in [4.69, 9.17) is 25.8 Å². The summed E-state index contributed by atoms with van der Waals surface area (Å²) in [6, 6.07) is 6.80. The first-order valence-electron chi connectivity index (χ1n) is 5.25. The molecule has 0 heterocycles. The molecule has 0 radical (unpaired) electrons. The molecule has 6 nitrogen and oxygen atoms in total. The summed E-state index contributed by atoms with van der Waals surface area (Å²) in [5.74, 6) is 1.30. The minimum Gasteiger partial charge on any atom is -0.497 e. The Morgan fingerprint density at radius 2 is 2.17 bits per heavy atom. The fraction of sp³-hybridized carbons (Fsp3) is 0.455. The van der Waals surface area contributed by atoms with Crippen molar-refractivity contribution in [2.45, 2.75) is 6.23 Å². The van der Waals surface area contributed by atoms with E-state index in [1.807, 2.05) is 0 Å². The van der Waals surface area contributed by atoms with Crippen LogP contribution in [0.5, 0.6) is 11.5 Å². The zero-order valence-electron chi connectivity index (χ0n) is 9.87. The Hall–Kier alpha value is -1.53. The summed E-state index contributed by atoms with van der Waals surface area (Å²) in [5.41, 5.74) is 0. The number of halogens is 1. The van der Waals surface area contributed by atoms with Gasteiger partial charge >= 0.3 is 6.23 Å². The van der Waals surface area contributed by atoms with Crippen LogP contribution in [0, 0.1) is 10.1 Å². The van der Waals surface area contributed by atoms with E-state index in [9.17, 15) is 10.1 Å². The molecule has 7 heteroatoms. The lowest BCUT2D eigenvalue weighted by Gasteiger charge is -2.11. The van der Waals surface area contributed by atoms with Crippen LogP contribution in [0.25, 0.3) is 0 Å². The van der Waals surface area contributed by atoms with Crippen LogP contribution in [0.1, 0.15) is 0 Å². The number of nitro groups is 1. The van der Waals surface area contributed by atoms with Crippen molar-refractivity contribution in [1.29, 1.82) is 0 Å². The maximum atomic E-state index is 10.7. The predicted octanol–water partition coefficient (Wildman–Crippen LogP) is 1.93. The minimum atomic E-state index is -1.23. The molecule has 0 bridgehead atoms. The summed E-state index contributed by atoms with van der Waals surface area (Å²) < 4.78 is 15.2. The van der Waals surface area contributed by atoms with Crippen molar-refractivity contribution in [2.75, 3.05) is 26.2 Å². The van der Waals surface area contributed by atoms with E-state index in [-0.39, 0.29) is 19.1 Å². The highest BCUT2D eigenvalue weighted by atomic mass is 35.5. The standard InChI is InChI=1S/C11H14ClNO5/c1-16-9-3-2-4-10(7-9)18-8-11(13(14)15)17-6-5-12/h2-4,7,11H,5-6,8H2,1H3. The van der Waals surface area contributed by atoms with Crippen LogP contribution in [0.15, 0.2) is 24.3 Å². The van der Waals surface area contributed by atoms with Crippen molar-refractivity contribution >= 4 is 11.6 Å². The third kappa shape index (κ3) is 4.77.